The van der Waals surface area contributed by atoms with E-state index in [1.807, 2.05) is 25.3 Å². The third-order valence-corrected chi connectivity index (χ3v) is 2.09. The van der Waals surface area contributed by atoms with Crippen LogP contribution >= 0.6 is 11.8 Å². The van der Waals surface area contributed by atoms with E-state index in [0.717, 1.165) is 10.5 Å². The van der Waals surface area contributed by atoms with Crippen LogP contribution in [0.15, 0.2) is 17.2 Å². The summed E-state index contributed by atoms with van der Waals surface area (Å²) in [5.74, 6) is 0. The average molecular weight is 164 g/mol. The van der Waals surface area contributed by atoms with Gasteiger partial charge in [0.1, 0.15) is 11.8 Å². The summed E-state index contributed by atoms with van der Waals surface area (Å²) in [6.45, 7) is 1.89. The minimum absolute atomic E-state index is 0.516. The summed E-state index contributed by atoms with van der Waals surface area (Å²) in [4.78, 5) is 5.08. The molecular formula is C8H8N2S. The maximum Gasteiger partial charge on any atom is 0.143 e. The quantitative estimate of drug-likeness (QED) is 0.595. The normalized spacial score (nSPS) is 9.18. The Kier molecular flexibility index (Phi) is 2.50. The van der Waals surface area contributed by atoms with E-state index in [1.165, 1.54) is 0 Å². The van der Waals surface area contributed by atoms with Crippen LogP contribution in [0, 0.1) is 18.3 Å². The highest BCUT2D eigenvalue weighted by atomic mass is 32.2. The molecule has 1 rings (SSSR count). The maximum atomic E-state index is 8.56. The Labute approximate surface area is 70.3 Å². The fraction of sp³-hybridized carbons (Fsp3) is 0.250. The lowest BCUT2D eigenvalue weighted by molar-refractivity contribution is 1.15. The topological polar surface area (TPSA) is 36.7 Å². The van der Waals surface area contributed by atoms with Gasteiger partial charge in [0.15, 0.2) is 0 Å². The van der Waals surface area contributed by atoms with Gasteiger partial charge >= 0.3 is 0 Å². The molecule has 0 spiro atoms. The molecule has 0 atom stereocenters. The lowest BCUT2D eigenvalue weighted by Gasteiger charge is -1.97. The van der Waals surface area contributed by atoms with Crippen LogP contribution in [-0.2, 0) is 0 Å². The minimum Gasteiger partial charge on any atom is -0.244 e. The summed E-state index contributed by atoms with van der Waals surface area (Å²) in [5.41, 5.74) is 1.46. The third kappa shape index (κ3) is 1.72. The van der Waals surface area contributed by atoms with Crippen molar-refractivity contribution in [3.63, 3.8) is 0 Å². The van der Waals surface area contributed by atoms with Gasteiger partial charge in [0.2, 0.25) is 0 Å². The molecule has 3 heteroatoms. The van der Waals surface area contributed by atoms with Crippen LogP contribution < -0.4 is 0 Å². The zero-order valence-electron chi connectivity index (χ0n) is 6.46. The molecule has 0 bridgehead atoms. The van der Waals surface area contributed by atoms with Gasteiger partial charge < -0.3 is 0 Å². The molecule has 0 fully saturated rings. The first kappa shape index (κ1) is 8.09. The number of nitriles is 1. The van der Waals surface area contributed by atoms with Gasteiger partial charge in [-0.15, -0.1) is 11.8 Å². The average Bonchev–Trinajstić information content (AvgIpc) is 2.04. The monoisotopic (exact) mass is 164 g/mol. The van der Waals surface area contributed by atoms with Crippen LogP contribution in [0.4, 0.5) is 0 Å². The molecule has 1 aromatic heterocycles. The summed E-state index contributed by atoms with van der Waals surface area (Å²) in [5, 5.41) is 8.56. The second kappa shape index (κ2) is 3.40. The number of aromatic nitrogens is 1. The van der Waals surface area contributed by atoms with Gasteiger partial charge in [0, 0.05) is 11.1 Å². The van der Waals surface area contributed by atoms with E-state index in [2.05, 4.69) is 4.98 Å². The second-order valence-electron chi connectivity index (χ2n) is 2.15. The van der Waals surface area contributed by atoms with E-state index in [0.29, 0.717) is 5.69 Å². The molecular weight excluding hydrogens is 156 g/mol. The Morgan fingerprint density at radius 1 is 1.64 bits per heavy atom. The molecule has 0 radical (unpaired) electrons. The molecule has 56 valence electrons. The first-order chi connectivity index (χ1) is 5.27. The Morgan fingerprint density at radius 2 is 2.36 bits per heavy atom. The zero-order chi connectivity index (χ0) is 8.27. The van der Waals surface area contributed by atoms with Gasteiger partial charge in [-0.1, -0.05) is 0 Å². The standard InChI is InChI=1S/C8H8N2S/c1-6-3-7(11-2)5-10-8(6)4-9/h3,5H,1-2H3. The van der Waals surface area contributed by atoms with Crippen molar-refractivity contribution < 1.29 is 0 Å². The predicted molar refractivity (Wildman–Crippen MR) is 45.5 cm³/mol. The van der Waals surface area contributed by atoms with Gasteiger partial charge in [0.05, 0.1) is 0 Å². The molecule has 0 aliphatic carbocycles. The van der Waals surface area contributed by atoms with E-state index < -0.39 is 0 Å². The van der Waals surface area contributed by atoms with Crippen LogP contribution in [0.3, 0.4) is 0 Å². The molecule has 0 unspecified atom stereocenters. The Hall–Kier alpha value is -1.01. The summed E-state index contributed by atoms with van der Waals surface area (Å²) >= 11 is 1.63. The lowest BCUT2D eigenvalue weighted by atomic mass is 10.2. The molecule has 1 heterocycles. The van der Waals surface area contributed by atoms with Crippen LogP contribution in [-0.4, -0.2) is 11.2 Å². The SMILES string of the molecule is CSc1cnc(C#N)c(C)c1. The van der Waals surface area contributed by atoms with Crippen molar-refractivity contribution in [3.05, 3.63) is 23.5 Å². The Morgan fingerprint density at radius 3 is 2.82 bits per heavy atom. The fourth-order valence-electron chi connectivity index (χ4n) is 0.778. The molecule has 0 amide bonds. The molecule has 11 heavy (non-hydrogen) atoms. The van der Waals surface area contributed by atoms with Crippen LogP contribution in [0.25, 0.3) is 0 Å². The van der Waals surface area contributed by atoms with Crippen LogP contribution in [0.2, 0.25) is 0 Å². The van der Waals surface area contributed by atoms with E-state index >= 15 is 0 Å². The number of nitrogens with zero attached hydrogens (tertiary/aromatic N) is 2. The van der Waals surface area contributed by atoms with E-state index in [4.69, 9.17) is 5.26 Å². The predicted octanol–water partition coefficient (Wildman–Crippen LogP) is 1.98. The number of hydrogen-bond donors (Lipinski definition) is 0. The van der Waals surface area contributed by atoms with Crippen molar-refractivity contribution in [1.82, 2.24) is 4.98 Å². The Bertz CT molecular complexity index is 301. The highest BCUT2D eigenvalue weighted by Crippen LogP contribution is 2.15. The van der Waals surface area contributed by atoms with Crippen LogP contribution in [0.5, 0.6) is 0 Å². The molecule has 0 saturated carbocycles. The third-order valence-electron chi connectivity index (χ3n) is 1.39. The van der Waals surface area contributed by atoms with E-state index in [1.54, 1.807) is 18.0 Å². The number of thioether (sulfide) groups is 1. The molecule has 1 aromatic rings. The highest BCUT2D eigenvalue weighted by Gasteiger charge is 1.98. The van der Waals surface area contributed by atoms with Crippen molar-refractivity contribution in [1.29, 1.82) is 5.26 Å². The number of pyridine rings is 1. The van der Waals surface area contributed by atoms with Gasteiger partial charge in [0.25, 0.3) is 0 Å². The van der Waals surface area contributed by atoms with E-state index in [9.17, 15) is 0 Å². The van der Waals surface area contributed by atoms with Gasteiger partial charge in [-0.2, -0.15) is 5.26 Å². The van der Waals surface area contributed by atoms with Crippen molar-refractivity contribution in [2.75, 3.05) is 6.26 Å². The summed E-state index contributed by atoms with van der Waals surface area (Å²) in [6.07, 6.45) is 3.71. The van der Waals surface area contributed by atoms with Gasteiger partial charge in [-0.25, -0.2) is 4.98 Å². The molecule has 0 aromatic carbocycles. The second-order valence-corrected chi connectivity index (χ2v) is 3.03. The van der Waals surface area contributed by atoms with Crippen LogP contribution in [0.1, 0.15) is 11.3 Å². The smallest absolute Gasteiger partial charge is 0.143 e. The van der Waals surface area contributed by atoms with Crippen molar-refractivity contribution in [3.8, 4) is 6.07 Å². The van der Waals surface area contributed by atoms with Crippen molar-refractivity contribution in [2.45, 2.75) is 11.8 Å². The maximum absolute atomic E-state index is 8.56. The number of rotatable bonds is 1. The summed E-state index contributed by atoms with van der Waals surface area (Å²) < 4.78 is 0. The number of aryl methyl sites for hydroxylation is 1. The summed E-state index contributed by atoms with van der Waals surface area (Å²) in [6, 6.07) is 3.99. The molecule has 0 aliphatic rings. The van der Waals surface area contributed by atoms with Gasteiger partial charge in [-0.3, -0.25) is 0 Å². The summed E-state index contributed by atoms with van der Waals surface area (Å²) in [7, 11) is 0. The Balaban J connectivity index is 3.12. The molecule has 0 aliphatic heterocycles. The molecule has 2 nitrogen and oxygen atoms in total. The molecule has 0 saturated heterocycles. The van der Waals surface area contributed by atoms with E-state index in [-0.39, 0.29) is 0 Å². The lowest BCUT2D eigenvalue weighted by Crippen LogP contribution is -1.87. The highest BCUT2D eigenvalue weighted by molar-refractivity contribution is 7.98. The van der Waals surface area contributed by atoms with Gasteiger partial charge in [-0.05, 0) is 24.8 Å². The van der Waals surface area contributed by atoms with Crippen molar-refractivity contribution >= 4 is 11.8 Å². The first-order valence-electron chi connectivity index (χ1n) is 3.18. The molecule has 0 N–H and O–H groups in total. The fourth-order valence-corrected chi connectivity index (χ4v) is 1.23. The zero-order valence-corrected chi connectivity index (χ0v) is 7.27. The number of hydrogen-bond acceptors (Lipinski definition) is 3. The van der Waals surface area contributed by atoms with Crippen molar-refractivity contribution in [2.24, 2.45) is 0 Å². The largest absolute Gasteiger partial charge is 0.244 e. The minimum atomic E-state index is 0.516. The first-order valence-corrected chi connectivity index (χ1v) is 4.41.